The third-order valence-electron chi connectivity index (χ3n) is 4.62. The smallest absolute Gasteiger partial charge is 0.120 e. The molecular formula is C20H27NO3. The van der Waals surface area contributed by atoms with Gasteiger partial charge in [-0.05, 0) is 57.7 Å². The highest BCUT2D eigenvalue weighted by atomic mass is 16.5. The lowest BCUT2D eigenvalue weighted by molar-refractivity contribution is -0.108. The molecule has 1 aliphatic carbocycles. The number of piperidine rings is 1. The number of hydrogen-bond acceptors (Lipinski definition) is 4. The largest absolute Gasteiger partial charge is 0.393 e. The molecule has 1 aromatic carbocycles. The molecule has 0 unspecified atom stereocenters. The van der Waals surface area contributed by atoms with Crippen LogP contribution < -0.4 is 4.90 Å². The Morgan fingerprint density at radius 3 is 2.50 bits per heavy atom. The van der Waals surface area contributed by atoms with Gasteiger partial charge in [0.1, 0.15) is 5.60 Å². The highest BCUT2D eigenvalue weighted by Gasteiger charge is 2.31. The lowest BCUT2D eigenvalue weighted by Gasteiger charge is -2.39. The Labute approximate surface area is 144 Å². The van der Waals surface area contributed by atoms with Crippen LogP contribution in [-0.2, 0) is 4.74 Å². The van der Waals surface area contributed by atoms with Crippen molar-refractivity contribution in [2.75, 3.05) is 18.0 Å². The maximum Gasteiger partial charge on any atom is 0.120 e. The molecule has 1 heterocycles. The van der Waals surface area contributed by atoms with Crippen LogP contribution in [0.4, 0.5) is 5.69 Å². The average Bonchev–Trinajstić information content (AvgIpc) is 2.52. The van der Waals surface area contributed by atoms with Crippen molar-refractivity contribution in [1.82, 2.24) is 0 Å². The SMILES string of the molecule is CC(C)(O)C#Cc1cccc(N2CCC(OC3CC(O)C3)CC2)c1. The number of aliphatic hydroxyl groups excluding tert-OH is 1. The van der Waals surface area contributed by atoms with E-state index in [-0.39, 0.29) is 12.2 Å². The number of anilines is 1. The second-order valence-electron chi connectivity index (χ2n) is 7.43. The lowest BCUT2D eigenvalue weighted by atomic mass is 9.91. The van der Waals surface area contributed by atoms with E-state index in [0.717, 1.165) is 44.3 Å². The van der Waals surface area contributed by atoms with Gasteiger partial charge < -0.3 is 19.8 Å². The third-order valence-corrected chi connectivity index (χ3v) is 4.62. The Balaban J connectivity index is 1.55. The van der Waals surface area contributed by atoms with Gasteiger partial charge in [0.05, 0.1) is 18.3 Å². The van der Waals surface area contributed by atoms with Gasteiger partial charge in [-0.25, -0.2) is 0 Å². The molecule has 1 saturated heterocycles. The summed E-state index contributed by atoms with van der Waals surface area (Å²) < 4.78 is 6.04. The molecule has 0 amide bonds. The second kappa shape index (κ2) is 7.14. The van der Waals surface area contributed by atoms with Gasteiger partial charge in [0.25, 0.3) is 0 Å². The first kappa shape index (κ1) is 17.3. The Bertz CT molecular complexity index is 612. The molecule has 0 bridgehead atoms. The predicted octanol–water partition coefficient (Wildman–Crippen LogP) is 2.32. The molecule has 0 spiro atoms. The average molecular weight is 329 g/mol. The summed E-state index contributed by atoms with van der Waals surface area (Å²) in [4.78, 5) is 2.37. The van der Waals surface area contributed by atoms with Crippen LogP contribution in [-0.4, -0.2) is 47.2 Å². The van der Waals surface area contributed by atoms with E-state index in [2.05, 4.69) is 28.9 Å². The molecule has 2 aliphatic rings. The number of rotatable bonds is 3. The fourth-order valence-corrected chi connectivity index (χ4v) is 3.18. The first-order valence-electron chi connectivity index (χ1n) is 8.83. The van der Waals surface area contributed by atoms with Crippen LogP contribution in [0.5, 0.6) is 0 Å². The molecule has 0 aromatic heterocycles. The van der Waals surface area contributed by atoms with E-state index in [9.17, 15) is 10.2 Å². The van der Waals surface area contributed by atoms with Crippen molar-refractivity contribution in [2.24, 2.45) is 0 Å². The fraction of sp³-hybridized carbons (Fsp3) is 0.600. The molecule has 24 heavy (non-hydrogen) atoms. The summed E-state index contributed by atoms with van der Waals surface area (Å²) >= 11 is 0. The summed E-state index contributed by atoms with van der Waals surface area (Å²) in [5, 5.41) is 19.1. The Morgan fingerprint density at radius 2 is 1.88 bits per heavy atom. The van der Waals surface area contributed by atoms with Crippen molar-refractivity contribution in [1.29, 1.82) is 0 Å². The van der Waals surface area contributed by atoms with Gasteiger partial charge in [-0.3, -0.25) is 0 Å². The Hall–Kier alpha value is -1.54. The highest BCUT2D eigenvalue weighted by Crippen LogP contribution is 2.28. The van der Waals surface area contributed by atoms with Crippen molar-refractivity contribution in [2.45, 2.75) is 63.4 Å². The Morgan fingerprint density at radius 1 is 1.17 bits per heavy atom. The molecular weight excluding hydrogens is 302 g/mol. The third kappa shape index (κ3) is 4.73. The minimum absolute atomic E-state index is 0.150. The molecule has 4 heteroatoms. The molecule has 1 aliphatic heterocycles. The standard InChI is InChI=1S/C20H27NO3/c1-20(2,23)9-6-15-4-3-5-16(12-15)21-10-7-18(8-11-21)24-19-13-17(22)14-19/h3-5,12,17-19,22-23H,7-8,10-11,13-14H2,1-2H3. The number of ether oxygens (including phenoxy) is 1. The molecule has 2 fully saturated rings. The van der Waals surface area contributed by atoms with E-state index < -0.39 is 5.60 Å². The number of nitrogens with zero attached hydrogens (tertiary/aromatic N) is 1. The van der Waals surface area contributed by atoms with Crippen LogP contribution >= 0.6 is 0 Å². The van der Waals surface area contributed by atoms with Crippen LogP contribution in [0.2, 0.25) is 0 Å². The monoisotopic (exact) mass is 329 g/mol. The quantitative estimate of drug-likeness (QED) is 0.836. The lowest BCUT2D eigenvalue weighted by Crippen LogP contribution is -2.42. The molecule has 2 N–H and O–H groups in total. The van der Waals surface area contributed by atoms with Crippen molar-refractivity contribution in [3.63, 3.8) is 0 Å². The summed E-state index contributed by atoms with van der Waals surface area (Å²) in [6.45, 7) is 5.33. The minimum atomic E-state index is -0.971. The van der Waals surface area contributed by atoms with Gasteiger partial charge in [0.2, 0.25) is 0 Å². The molecule has 130 valence electrons. The van der Waals surface area contributed by atoms with Crippen LogP contribution in [0.15, 0.2) is 24.3 Å². The molecule has 4 nitrogen and oxygen atoms in total. The van der Waals surface area contributed by atoms with Crippen molar-refractivity contribution < 1.29 is 14.9 Å². The van der Waals surface area contributed by atoms with Crippen LogP contribution in [0.1, 0.15) is 45.1 Å². The molecule has 3 rings (SSSR count). The first-order chi connectivity index (χ1) is 11.4. The highest BCUT2D eigenvalue weighted by molar-refractivity contribution is 5.53. The van der Waals surface area contributed by atoms with E-state index in [1.165, 1.54) is 5.69 Å². The van der Waals surface area contributed by atoms with Crippen LogP contribution in [0, 0.1) is 11.8 Å². The normalized spacial score (nSPS) is 24.9. The maximum absolute atomic E-state index is 9.73. The summed E-state index contributed by atoms with van der Waals surface area (Å²) in [5.41, 5.74) is 1.13. The first-order valence-corrected chi connectivity index (χ1v) is 8.83. The van der Waals surface area contributed by atoms with Gasteiger partial charge in [0, 0.05) is 24.3 Å². The van der Waals surface area contributed by atoms with Crippen molar-refractivity contribution >= 4 is 5.69 Å². The van der Waals surface area contributed by atoms with Gasteiger partial charge in [-0.15, -0.1) is 0 Å². The molecule has 1 saturated carbocycles. The van der Waals surface area contributed by atoms with Gasteiger partial charge in [0.15, 0.2) is 0 Å². The van der Waals surface area contributed by atoms with Gasteiger partial charge in [-0.2, -0.15) is 0 Å². The van der Waals surface area contributed by atoms with E-state index in [1.807, 2.05) is 12.1 Å². The summed E-state index contributed by atoms with van der Waals surface area (Å²) in [6.07, 6.45) is 4.06. The van der Waals surface area contributed by atoms with E-state index in [0.29, 0.717) is 6.10 Å². The van der Waals surface area contributed by atoms with E-state index in [4.69, 9.17) is 4.74 Å². The van der Waals surface area contributed by atoms with Gasteiger partial charge >= 0.3 is 0 Å². The zero-order valence-electron chi connectivity index (χ0n) is 14.5. The zero-order chi connectivity index (χ0) is 17.2. The van der Waals surface area contributed by atoms with Gasteiger partial charge in [-0.1, -0.05) is 17.9 Å². The summed E-state index contributed by atoms with van der Waals surface area (Å²) in [5.74, 6) is 5.90. The topological polar surface area (TPSA) is 52.9 Å². The van der Waals surface area contributed by atoms with Crippen LogP contribution in [0.3, 0.4) is 0 Å². The molecule has 1 aromatic rings. The van der Waals surface area contributed by atoms with E-state index >= 15 is 0 Å². The van der Waals surface area contributed by atoms with E-state index in [1.54, 1.807) is 13.8 Å². The predicted molar refractivity (Wildman–Crippen MR) is 95.0 cm³/mol. The Kier molecular flexibility index (Phi) is 5.15. The maximum atomic E-state index is 9.73. The number of aliphatic hydroxyl groups is 2. The molecule has 0 atom stereocenters. The zero-order valence-corrected chi connectivity index (χ0v) is 14.5. The fourth-order valence-electron chi connectivity index (χ4n) is 3.18. The number of hydrogen-bond donors (Lipinski definition) is 2. The summed E-state index contributed by atoms with van der Waals surface area (Å²) in [6, 6.07) is 8.18. The number of benzene rings is 1. The summed E-state index contributed by atoms with van der Waals surface area (Å²) in [7, 11) is 0. The van der Waals surface area contributed by atoms with Crippen LogP contribution in [0.25, 0.3) is 0 Å². The molecule has 0 radical (unpaired) electrons. The van der Waals surface area contributed by atoms with Crippen molar-refractivity contribution in [3.05, 3.63) is 29.8 Å². The van der Waals surface area contributed by atoms with Crippen molar-refractivity contribution in [3.8, 4) is 11.8 Å². The minimum Gasteiger partial charge on any atom is -0.393 e. The second-order valence-corrected chi connectivity index (χ2v) is 7.43.